The van der Waals surface area contributed by atoms with Crippen molar-refractivity contribution in [3.05, 3.63) is 64.7 Å². The smallest absolute Gasteiger partial charge is 0.254 e. The lowest BCUT2D eigenvalue weighted by molar-refractivity contribution is 0.0755. The lowest BCUT2D eigenvalue weighted by atomic mass is 9.85. The van der Waals surface area contributed by atoms with Crippen LogP contribution in [0.2, 0.25) is 0 Å². The van der Waals surface area contributed by atoms with Gasteiger partial charge in [0.05, 0.1) is 14.2 Å². The highest BCUT2D eigenvalue weighted by molar-refractivity contribution is 5.95. The predicted octanol–water partition coefficient (Wildman–Crippen LogP) is 5.45. The first kappa shape index (κ1) is 25.2. The monoisotopic (exact) mass is 484 g/mol. The number of nitrogens with zero attached hydrogens (tertiary/aromatic N) is 1. The standard InChI is InChI=1S/C28H34F2N2O3/c1-18(12-19-8-10-22(29)15-24(19)30)16-32(17-23-13-20-6-4-5-7-25(20)31-23)28(33)21-9-11-26(34-2)27(14-21)35-3/h8-12,14-15,20,23,25,31H,4-7,13,16-17H2,1-3H3. The van der Waals surface area contributed by atoms with Gasteiger partial charge in [0, 0.05) is 42.4 Å². The zero-order chi connectivity index (χ0) is 24.9. The van der Waals surface area contributed by atoms with Crippen LogP contribution in [-0.4, -0.2) is 50.2 Å². The fourth-order valence-corrected chi connectivity index (χ4v) is 5.44. The first-order valence-electron chi connectivity index (χ1n) is 12.3. The average Bonchev–Trinajstić information content (AvgIpc) is 3.27. The van der Waals surface area contributed by atoms with E-state index >= 15 is 0 Å². The van der Waals surface area contributed by atoms with Gasteiger partial charge in [-0.05, 0) is 62.4 Å². The molecule has 5 nitrogen and oxygen atoms in total. The van der Waals surface area contributed by atoms with Gasteiger partial charge in [0.15, 0.2) is 11.5 Å². The van der Waals surface area contributed by atoms with E-state index in [2.05, 4.69) is 5.32 Å². The van der Waals surface area contributed by atoms with Crippen molar-refractivity contribution in [2.45, 2.75) is 51.1 Å². The number of nitrogens with one attached hydrogen (secondary N) is 1. The molecule has 0 bridgehead atoms. The van der Waals surface area contributed by atoms with Crippen molar-refractivity contribution in [2.24, 2.45) is 5.92 Å². The van der Waals surface area contributed by atoms with Gasteiger partial charge in [-0.25, -0.2) is 8.78 Å². The van der Waals surface area contributed by atoms with Gasteiger partial charge in [-0.15, -0.1) is 0 Å². The molecule has 4 rings (SSSR count). The molecule has 1 N–H and O–H groups in total. The van der Waals surface area contributed by atoms with E-state index in [1.54, 1.807) is 31.4 Å². The van der Waals surface area contributed by atoms with Crippen molar-refractivity contribution in [3.63, 3.8) is 0 Å². The van der Waals surface area contributed by atoms with E-state index in [9.17, 15) is 13.6 Å². The van der Waals surface area contributed by atoms with E-state index in [1.165, 1.54) is 44.9 Å². The summed E-state index contributed by atoms with van der Waals surface area (Å²) >= 11 is 0. The molecule has 7 heteroatoms. The molecule has 2 aromatic rings. The molecule has 35 heavy (non-hydrogen) atoms. The molecular formula is C28H34F2N2O3. The number of rotatable bonds is 8. The summed E-state index contributed by atoms with van der Waals surface area (Å²) < 4.78 is 38.2. The summed E-state index contributed by atoms with van der Waals surface area (Å²) in [5, 5.41) is 3.75. The van der Waals surface area contributed by atoms with Crippen LogP contribution in [-0.2, 0) is 0 Å². The van der Waals surface area contributed by atoms with Crippen molar-refractivity contribution in [1.29, 1.82) is 0 Å². The predicted molar refractivity (Wildman–Crippen MR) is 133 cm³/mol. The van der Waals surface area contributed by atoms with Gasteiger partial charge in [0.1, 0.15) is 11.6 Å². The Morgan fingerprint density at radius 1 is 1.09 bits per heavy atom. The molecule has 0 spiro atoms. The zero-order valence-corrected chi connectivity index (χ0v) is 20.7. The molecule has 1 heterocycles. The number of methoxy groups -OCH3 is 2. The van der Waals surface area contributed by atoms with Crippen LogP contribution >= 0.6 is 0 Å². The molecule has 2 aliphatic rings. The number of carbonyl (C=O) groups excluding carboxylic acids is 1. The molecular weight excluding hydrogens is 450 g/mol. The highest BCUT2D eigenvalue weighted by Gasteiger charge is 2.36. The second-order valence-corrected chi connectivity index (χ2v) is 9.66. The average molecular weight is 485 g/mol. The summed E-state index contributed by atoms with van der Waals surface area (Å²) in [4.78, 5) is 15.5. The van der Waals surface area contributed by atoms with Gasteiger partial charge in [0.2, 0.25) is 0 Å². The molecule has 1 saturated heterocycles. The van der Waals surface area contributed by atoms with Crippen molar-refractivity contribution < 1.29 is 23.0 Å². The van der Waals surface area contributed by atoms with Gasteiger partial charge in [-0.3, -0.25) is 4.79 Å². The van der Waals surface area contributed by atoms with Crippen LogP contribution in [0.1, 0.15) is 54.9 Å². The maximum absolute atomic E-state index is 14.2. The lowest BCUT2D eigenvalue weighted by Crippen LogP contribution is -2.43. The molecule has 3 atom stereocenters. The first-order valence-corrected chi connectivity index (χ1v) is 12.3. The highest BCUT2D eigenvalue weighted by Crippen LogP contribution is 2.34. The molecule has 0 radical (unpaired) electrons. The Hall–Kier alpha value is -2.93. The van der Waals surface area contributed by atoms with Crippen molar-refractivity contribution in [2.75, 3.05) is 27.3 Å². The van der Waals surface area contributed by atoms with Gasteiger partial charge in [-0.1, -0.05) is 24.5 Å². The van der Waals surface area contributed by atoms with E-state index in [1.807, 2.05) is 11.8 Å². The van der Waals surface area contributed by atoms with Crippen molar-refractivity contribution >= 4 is 12.0 Å². The molecule has 1 aliphatic carbocycles. The Morgan fingerprint density at radius 3 is 2.57 bits per heavy atom. The molecule has 1 amide bonds. The fraction of sp³-hybridized carbons (Fsp3) is 0.464. The Bertz CT molecular complexity index is 1070. The third-order valence-corrected chi connectivity index (χ3v) is 7.11. The number of carbonyl (C=O) groups is 1. The van der Waals surface area contributed by atoms with Gasteiger partial charge in [0.25, 0.3) is 5.91 Å². The van der Waals surface area contributed by atoms with Crippen molar-refractivity contribution in [1.82, 2.24) is 10.2 Å². The van der Waals surface area contributed by atoms with Crippen LogP contribution in [0.15, 0.2) is 42.0 Å². The molecule has 2 aromatic carbocycles. The van der Waals surface area contributed by atoms with E-state index in [-0.39, 0.29) is 11.9 Å². The molecule has 3 unspecified atom stereocenters. The largest absolute Gasteiger partial charge is 0.493 e. The molecule has 0 aromatic heterocycles. The minimum absolute atomic E-state index is 0.130. The molecule has 2 fully saturated rings. The maximum Gasteiger partial charge on any atom is 0.254 e. The zero-order valence-electron chi connectivity index (χ0n) is 20.7. The molecule has 1 aliphatic heterocycles. The topological polar surface area (TPSA) is 50.8 Å². The van der Waals surface area contributed by atoms with Crippen molar-refractivity contribution in [3.8, 4) is 11.5 Å². The summed E-state index contributed by atoms with van der Waals surface area (Å²) in [6, 6.07) is 9.40. The summed E-state index contributed by atoms with van der Waals surface area (Å²) in [6.45, 7) is 2.74. The number of hydrogen-bond donors (Lipinski definition) is 1. The minimum Gasteiger partial charge on any atom is -0.493 e. The Labute approximate surface area is 206 Å². The normalized spacial score (nSPS) is 22.0. The van der Waals surface area contributed by atoms with Gasteiger partial charge < -0.3 is 19.7 Å². The Morgan fingerprint density at radius 2 is 1.86 bits per heavy atom. The summed E-state index contributed by atoms with van der Waals surface area (Å²) in [5.74, 6) is 0.343. The minimum atomic E-state index is -0.622. The lowest BCUT2D eigenvalue weighted by Gasteiger charge is -2.27. The van der Waals surface area contributed by atoms with Crippen LogP contribution in [0.3, 0.4) is 0 Å². The van der Waals surface area contributed by atoms with Gasteiger partial charge in [-0.2, -0.15) is 0 Å². The van der Waals surface area contributed by atoms with Gasteiger partial charge >= 0.3 is 0 Å². The van der Waals surface area contributed by atoms with E-state index in [4.69, 9.17) is 9.47 Å². The van der Waals surface area contributed by atoms with Crippen LogP contribution in [0.4, 0.5) is 8.78 Å². The van der Waals surface area contributed by atoms with E-state index in [0.29, 0.717) is 47.7 Å². The molecule has 188 valence electrons. The Kier molecular flexibility index (Phi) is 8.06. The van der Waals surface area contributed by atoms with Crippen LogP contribution in [0, 0.1) is 17.6 Å². The third-order valence-electron chi connectivity index (χ3n) is 7.11. The van der Waals surface area contributed by atoms with Crippen LogP contribution in [0.25, 0.3) is 6.08 Å². The second kappa shape index (κ2) is 11.2. The fourth-order valence-electron chi connectivity index (χ4n) is 5.44. The van der Waals surface area contributed by atoms with E-state index in [0.717, 1.165) is 18.1 Å². The Balaban J connectivity index is 1.57. The summed E-state index contributed by atoms with van der Waals surface area (Å²) in [6.07, 6.45) is 7.67. The second-order valence-electron chi connectivity index (χ2n) is 9.66. The SMILES string of the molecule is COc1ccc(C(=O)N(CC(C)=Cc2ccc(F)cc2F)CC2CC3CCCCC3N2)cc1OC. The summed E-state index contributed by atoms with van der Waals surface area (Å²) in [5.41, 5.74) is 1.60. The number of amides is 1. The van der Waals surface area contributed by atoms with E-state index < -0.39 is 11.6 Å². The first-order chi connectivity index (χ1) is 16.9. The van der Waals surface area contributed by atoms with Crippen LogP contribution < -0.4 is 14.8 Å². The number of ether oxygens (including phenoxy) is 2. The van der Waals surface area contributed by atoms with Crippen LogP contribution in [0.5, 0.6) is 11.5 Å². The number of benzene rings is 2. The number of fused-ring (bicyclic) bond motifs is 1. The number of halogens is 2. The quantitative estimate of drug-likeness (QED) is 0.542. The highest BCUT2D eigenvalue weighted by atomic mass is 19.1. The maximum atomic E-state index is 14.2. The third kappa shape index (κ3) is 6.01. The number of hydrogen-bond acceptors (Lipinski definition) is 4. The molecule has 1 saturated carbocycles. The summed E-state index contributed by atoms with van der Waals surface area (Å²) in [7, 11) is 3.10.